The van der Waals surface area contributed by atoms with E-state index in [1.54, 1.807) is 25.2 Å². The molecule has 0 atom stereocenters. The Morgan fingerprint density at radius 3 is 2.68 bits per heavy atom. The van der Waals surface area contributed by atoms with Gasteiger partial charge >= 0.3 is 0 Å². The van der Waals surface area contributed by atoms with E-state index in [4.69, 9.17) is 0 Å². The lowest BCUT2D eigenvalue weighted by Crippen LogP contribution is -2.27. The Morgan fingerprint density at radius 2 is 2.11 bits per heavy atom. The Kier molecular flexibility index (Phi) is 3.63. The van der Waals surface area contributed by atoms with Crippen LogP contribution in [-0.4, -0.2) is 40.0 Å². The molecule has 1 aromatic carbocycles. The maximum absolute atomic E-state index is 12.4. The topological polar surface area (TPSA) is 81.0 Å². The number of hydrogen-bond donors (Lipinski definition) is 0. The van der Waals surface area contributed by atoms with E-state index in [0.717, 1.165) is 5.56 Å². The standard InChI is InChI=1S/C11H15N5O2S/c1-9-5-4-6-10(7-9)19(17,18)15(2)8-11-12-13-14-16(11)3/h4-7H,8H2,1-3H3. The van der Waals surface area contributed by atoms with E-state index in [1.165, 1.54) is 16.0 Å². The maximum atomic E-state index is 12.4. The van der Waals surface area contributed by atoms with Crippen LogP contribution < -0.4 is 0 Å². The summed E-state index contributed by atoms with van der Waals surface area (Å²) in [5.74, 6) is 0.485. The minimum absolute atomic E-state index is 0.125. The van der Waals surface area contributed by atoms with Crippen molar-refractivity contribution in [1.82, 2.24) is 24.5 Å². The molecular formula is C11H15N5O2S. The van der Waals surface area contributed by atoms with Gasteiger partial charge in [-0.3, -0.25) is 0 Å². The van der Waals surface area contributed by atoms with Gasteiger partial charge < -0.3 is 0 Å². The molecule has 0 aliphatic heterocycles. The molecule has 0 unspecified atom stereocenters. The van der Waals surface area contributed by atoms with Gasteiger partial charge in [0, 0.05) is 14.1 Å². The van der Waals surface area contributed by atoms with Crippen LogP contribution in [0.25, 0.3) is 0 Å². The van der Waals surface area contributed by atoms with Crippen LogP contribution in [0, 0.1) is 6.92 Å². The highest BCUT2D eigenvalue weighted by Crippen LogP contribution is 2.16. The zero-order valence-corrected chi connectivity index (χ0v) is 11.8. The zero-order valence-electron chi connectivity index (χ0n) is 11.0. The third-order valence-electron chi connectivity index (χ3n) is 2.77. The molecule has 8 heteroatoms. The number of sulfonamides is 1. The third-order valence-corrected chi connectivity index (χ3v) is 4.57. The van der Waals surface area contributed by atoms with Gasteiger partial charge in [0.15, 0.2) is 5.82 Å². The molecule has 0 bridgehead atoms. The van der Waals surface area contributed by atoms with E-state index in [9.17, 15) is 8.42 Å². The fourth-order valence-electron chi connectivity index (χ4n) is 1.62. The summed E-state index contributed by atoms with van der Waals surface area (Å²) < 4.78 is 27.4. The normalized spacial score (nSPS) is 12.0. The summed E-state index contributed by atoms with van der Waals surface area (Å²) in [7, 11) is -0.354. The van der Waals surface area contributed by atoms with E-state index in [-0.39, 0.29) is 11.4 Å². The summed E-state index contributed by atoms with van der Waals surface area (Å²) in [6.45, 7) is 1.98. The molecule has 0 radical (unpaired) electrons. The van der Waals surface area contributed by atoms with Crippen LogP contribution in [0.4, 0.5) is 0 Å². The fraction of sp³-hybridized carbons (Fsp3) is 0.364. The van der Waals surface area contributed by atoms with E-state index in [1.807, 2.05) is 13.0 Å². The van der Waals surface area contributed by atoms with Gasteiger partial charge in [-0.25, -0.2) is 13.1 Å². The van der Waals surface area contributed by atoms with Gasteiger partial charge in [-0.15, -0.1) is 5.10 Å². The molecule has 0 spiro atoms. The van der Waals surface area contributed by atoms with Crippen LogP contribution in [0.1, 0.15) is 11.4 Å². The largest absolute Gasteiger partial charge is 0.243 e. The van der Waals surface area contributed by atoms with Gasteiger partial charge in [-0.05, 0) is 35.0 Å². The lowest BCUT2D eigenvalue weighted by atomic mass is 10.2. The molecule has 1 aromatic heterocycles. The number of aryl methyl sites for hydroxylation is 2. The average molecular weight is 281 g/mol. The van der Waals surface area contributed by atoms with Gasteiger partial charge in [0.2, 0.25) is 10.0 Å². The second-order valence-electron chi connectivity index (χ2n) is 4.30. The fourth-order valence-corrected chi connectivity index (χ4v) is 2.85. The van der Waals surface area contributed by atoms with Crippen LogP contribution in [0.5, 0.6) is 0 Å². The Bertz CT molecular complexity index is 680. The molecule has 0 fully saturated rings. The SMILES string of the molecule is Cc1cccc(S(=O)(=O)N(C)Cc2nnnn2C)c1. The second kappa shape index (κ2) is 5.06. The Balaban J connectivity index is 2.27. The van der Waals surface area contributed by atoms with Crippen LogP contribution in [0.3, 0.4) is 0 Å². The number of hydrogen-bond acceptors (Lipinski definition) is 5. The van der Waals surface area contributed by atoms with Crippen molar-refractivity contribution < 1.29 is 8.42 Å². The first-order chi connectivity index (χ1) is 8.91. The number of tetrazole rings is 1. The van der Waals surface area contributed by atoms with Crippen molar-refractivity contribution in [3.63, 3.8) is 0 Å². The predicted octanol–water partition coefficient (Wildman–Crippen LogP) is 0.339. The Hall–Kier alpha value is -1.80. The molecule has 1 heterocycles. The van der Waals surface area contributed by atoms with Crippen LogP contribution >= 0.6 is 0 Å². The highest BCUT2D eigenvalue weighted by atomic mass is 32.2. The predicted molar refractivity (Wildman–Crippen MR) is 68.6 cm³/mol. The molecule has 0 saturated heterocycles. The molecule has 2 rings (SSSR count). The molecule has 2 aromatic rings. The van der Waals surface area contributed by atoms with Crippen LogP contribution in [-0.2, 0) is 23.6 Å². The average Bonchev–Trinajstić information content (AvgIpc) is 2.75. The van der Waals surface area contributed by atoms with Crippen molar-refractivity contribution in [2.24, 2.45) is 7.05 Å². The summed E-state index contributed by atoms with van der Waals surface area (Å²) in [6, 6.07) is 6.79. The van der Waals surface area contributed by atoms with Gasteiger partial charge in [0.1, 0.15) is 0 Å². The lowest BCUT2D eigenvalue weighted by Gasteiger charge is -2.16. The first kappa shape index (κ1) is 13.6. The molecular weight excluding hydrogens is 266 g/mol. The minimum atomic E-state index is -3.53. The van der Waals surface area contributed by atoms with Crippen molar-refractivity contribution in [3.8, 4) is 0 Å². The molecule has 7 nitrogen and oxygen atoms in total. The Labute approximate surface area is 111 Å². The van der Waals surface area contributed by atoms with Crippen molar-refractivity contribution in [3.05, 3.63) is 35.7 Å². The van der Waals surface area contributed by atoms with Gasteiger partial charge in [0.05, 0.1) is 11.4 Å². The molecule has 19 heavy (non-hydrogen) atoms. The summed E-state index contributed by atoms with van der Waals surface area (Å²) in [4.78, 5) is 0.269. The van der Waals surface area contributed by atoms with E-state index < -0.39 is 10.0 Å². The molecule has 0 saturated carbocycles. The van der Waals surface area contributed by atoms with Crippen molar-refractivity contribution in [1.29, 1.82) is 0 Å². The van der Waals surface area contributed by atoms with Crippen LogP contribution in [0.15, 0.2) is 29.2 Å². The summed E-state index contributed by atoms with van der Waals surface area (Å²) in [5, 5.41) is 10.9. The summed E-state index contributed by atoms with van der Waals surface area (Å²) in [5.41, 5.74) is 0.898. The van der Waals surface area contributed by atoms with Gasteiger partial charge in [-0.1, -0.05) is 12.1 Å². The highest BCUT2D eigenvalue weighted by Gasteiger charge is 2.22. The van der Waals surface area contributed by atoms with Gasteiger partial charge in [-0.2, -0.15) is 4.31 Å². The molecule has 0 aliphatic carbocycles. The summed E-state index contributed by atoms with van der Waals surface area (Å²) >= 11 is 0. The monoisotopic (exact) mass is 281 g/mol. The molecule has 102 valence electrons. The molecule has 0 N–H and O–H groups in total. The van der Waals surface area contributed by atoms with Crippen LogP contribution in [0.2, 0.25) is 0 Å². The second-order valence-corrected chi connectivity index (χ2v) is 6.34. The maximum Gasteiger partial charge on any atom is 0.243 e. The van der Waals surface area contributed by atoms with Crippen molar-refractivity contribution in [2.75, 3.05) is 7.05 Å². The van der Waals surface area contributed by atoms with Crippen molar-refractivity contribution >= 4 is 10.0 Å². The van der Waals surface area contributed by atoms with Crippen molar-refractivity contribution in [2.45, 2.75) is 18.4 Å². The third kappa shape index (κ3) is 2.79. The number of nitrogens with zero attached hydrogens (tertiary/aromatic N) is 5. The number of aromatic nitrogens is 4. The number of benzene rings is 1. The Morgan fingerprint density at radius 1 is 1.37 bits per heavy atom. The van der Waals surface area contributed by atoms with E-state index in [2.05, 4.69) is 15.5 Å². The number of rotatable bonds is 4. The molecule has 0 aliphatic rings. The van der Waals surface area contributed by atoms with E-state index >= 15 is 0 Å². The first-order valence-electron chi connectivity index (χ1n) is 5.65. The smallest absolute Gasteiger partial charge is 0.231 e. The minimum Gasteiger partial charge on any atom is -0.231 e. The van der Waals surface area contributed by atoms with Gasteiger partial charge in [0.25, 0.3) is 0 Å². The zero-order chi connectivity index (χ0) is 14.0. The molecule has 0 amide bonds. The summed E-state index contributed by atoms with van der Waals surface area (Å²) in [6.07, 6.45) is 0. The van der Waals surface area contributed by atoms with E-state index in [0.29, 0.717) is 5.82 Å². The quantitative estimate of drug-likeness (QED) is 0.807. The first-order valence-corrected chi connectivity index (χ1v) is 7.09. The lowest BCUT2D eigenvalue weighted by molar-refractivity contribution is 0.447. The highest BCUT2D eigenvalue weighted by molar-refractivity contribution is 7.89.